The smallest absolute Gasteiger partial charge is 0.191 e. The Balaban J connectivity index is 1.71. The zero-order valence-electron chi connectivity index (χ0n) is 19.3. The lowest BCUT2D eigenvalue weighted by Crippen LogP contribution is -2.46. The zero-order chi connectivity index (χ0) is 22.4. The van der Waals surface area contributed by atoms with Crippen molar-refractivity contribution in [2.24, 2.45) is 4.99 Å². The van der Waals surface area contributed by atoms with Crippen LogP contribution in [0.4, 0.5) is 0 Å². The van der Waals surface area contributed by atoms with Gasteiger partial charge in [-0.1, -0.05) is 0 Å². The van der Waals surface area contributed by atoms with Gasteiger partial charge in [0.15, 0.2) is 5.96 Å². The van der Waals surface area contributed by atoms with E-state index >= 15 is 0 Å². The van der Waals surface area contributed by atoms with E-state index in [1.807, 2.05) is 38.2 Å². The van der Waals surface area contributed by atoms with Gasteiger partial charge in [0.2, 0.25) is 0 Å². The second kappa shape index (κ2) is 10.6. The molecule has 172 valence electrons. The molecule has 31 heavy (non-hydrogen) atoms. The van der Waals surface area contributed by atoms with Crippen molar-refractivity contribution in [1.82, 2.24) is 15.5 Å². The van der Waals surface area contributed by atoms with Crippen LogP contribution in [0, 0.1) is 20.8 Å². The zero-order valence-corrected chi connectivity index (χ0v) is 20.1. The third kappa shape index (κ3) is 6.32. The summed E-state index contributed by atoms with van der Waals surface area (Å²) < 4.78 is 11.2. The third-order valence-electron chi connectivity index (χ3n) is 5.55. The van der Waals surface area contributed by atoms with Crippen molar-refractivity contribution >= 4 is 17.3 Å². The van der Waals surface area contributed by atoms with Crippen LogP contribution in [0.3, 0.4) is 0 Å². The summed E-state index contributed by atoms with van der Waals surface area (Å²) in [5.74, 6) is 2.23. The van der Waals surface area contributed by atoms with Crippen LogP contribution in [0.25, 0.3) is 0 Å². The van der Waals surface area contributed by atoms with Crippen LogP contribution in [0.5, 0.6) is 0 Å². The largest absolute Gasteiger partial charge is 0.466 e. The number of morpholine rings is 1. The fraction of sp³-hybridized carbons (Fsp3) is 0.609. The number of hydrogen-bond donors (Lipinski definition) is 3. The molecular formula is C23H36N4O3S. The number of aliphatic hydroxyl groups is 1. The van der Waals surface area contributed by atoms with E-state index in [4.69, 9.17) is 14.1 Å². The Morgan fingerprint density at radius 2 is 2.00 bits per heavy atom. The maximum Gasteiger partial charge on any atom is 0.191 e. The van der Waals surface area contributed by atoms with Gasteiger partial charge >= 0.3 is 0 Å². The van der Waals surface area contributed by atoms with Gasteiger partial charge in [-0.05, 0) is 52.8 Å². The SMILES string of the molecule is CCNC(=NCC(C)(O)c1cc(C)oc1C)NCC(c1ccc(C)s1)N1CCOCC1. The number of rotatable bonds is 8. The monoisotopic (exact) mass is 448 g/mol. The number of ether oxygens (including phenoxy) is 1. The predicted octanol–water partition coefficient (Wildman–Crippen LogP) is 3.10. The molecule has 2 unspecified atom stereocenters. The van der Waals surface area contributed by atoms with Gasteiger partial charge in [0.1, 0.15) is 17.1 Å². The summed E-state index contributed by atoms with van der Waals surface area (Å²) in [7, 11) is 0. The number of nitrogens with one attached hydrogen (secondary N) is 2. The fourth-order valence-electron chi connectivity index (χ4n) is 3.95. The standard InChI is InChI=1S/C23H36N4O3S/c1-6-24-22(26-15-23(5,28)19-13-16(2)30-18(19)4)25-14-20(21-8-7-17(3)31-21)27-9-11-29-12-10-27/h7-8,13,20,28H,6,9-12,14-15H2,1-5H3,(H2,24,25,26). The molecule has 0 spiro atoms. The Kier molecular flexibility index (Phi) is 8.16. The maximum absolute atomic E-state index is 11.0. The van der Waals surface area contributed by atoms with Crippen molar-refractivity contribution in [2.45, 2.75) is 46.3 Å². The molecule has 1 aliphatic rings. The average Bonchev–Trinajstić information content (AvgIpc) is 3.32. The van der Waals surface area contributed by atoms with E-state index in [1.54, 1.807) is 6.92 Å². The van der Waals surface area contributed by atoms with E-state index in [1.165, 1.54) is 9.75 Å². The minimum Gasteiger partial charge on any atom is -0.466 e. The summed E-state index contributed by atoms with van der Waals surface area (Å²) in [6.45, 7) is 14.8. The van der Waals surface area contributed by atoms with Gasteiger partial charge in [0.05, 0.1) is 25.8 Å². The Bertz CT molecular complexity index is 868. The van der Waals surface area contributed by atoms with Gasteiger partial charge in [0, 0.05) is 41.5 Å². The number of thiophene rings is 1. The molecule has 1 saturated heterocycles. The quantitative estimate of drug-likeness (QED) is 0.425. The fourth-order valence-corrected chi connectivity index (χ4v) is 4.96. The molecule has 1 fully saturated rings. The van der Waals surface area contributed by atoms with Crippen molar-refractivity contribution in [3.63, 3.8) is 0 Å². The highest BCUT2D eigenvalue weighted by molar-refractivity contribution is 7.12. The van der Waals surface area contributed by atoms with Crippen LogP contribution >= 0.6 is 11.3 Å². The molecular weight excluding hydrogens is 412 g/mol. The number of hydrogen-bond acceptors (Lipinski definition) is 6. The molecule has 2 aromatic rings. The van der Waals surface area contributed by atoms with Gasteiger partial charge in [-0.3, -0.25) is 4.90 Å². The molecule has 0 aliphatic carbocycles. The number of furan rings is 1. The van der Waals surface area contributed by atoms with E-state index in [0.29, 0.717) is 5.96 Å². The summed E-state index contributed by atoms with van der Waals surface area (Å²) in [5.41, 5.74) is -0.316. The molecule has 0 amide bonds. The summed E-state index contributed by atoms with van der Waals surface area (Å²) in [5, 5.41) is 17.8. The van der Waals surface area contributed by atoms with Gasteiger partial charge in [-0.25, -0.2) is 4.99 Å². The highest BCUT2D eigenvalue weighted by Crippen LogP contribution is 2.29. The van der Waals surface area contributed by atoms with Gasteiger partial charge in [-0.2, -0.15) is 0 Å². The first-order valence-corrected chi connectivity index (χ1v) is 11.8. The van der Waals surface area contributed by atoms with Crippen molar-refractivity contribution in [2.75, 3.05) is 45.9 Å². The highest BCUT2D eigenvalue weighted by Gasteiger charge is 2.28. The van der Waals surface area contributed by atoms with E-state index < -0.39 is 5.60 Å². The second-order valence-electron chi connectivity index (χ2n) is 8.29. The summed E-state index contributed by atoms with van der Waals surface area (Å²) in [6.07, 6.45) is 0. The van der Waals surface area contributed by atoms with E-state index in [2.05, 4.69) is 34.6 Å². The van der Waals surface area contributed by atoms with E-state index in [-0.39, 0.29) is 12.6 Å². The minimum atomic E-state index is -1.10. The Morgan fingerprint density at radius 1 is 1.26 bits per heavy atom. The highest BCUT2D eigenvalue weighted by atomic mass is 32.1. The summed E-state index contributed by atoms with van der Waals surface area (Å²) in [6, 6.07) is 6.55. The van der Waals surface area contributed by atoms with Crippen molar-refractivity contribution < 1.29 is 14.3 Å². The number of guanidine groups is 1. The molecule has 2 aromatic heterocycles. The molecule has 2 atom stereocenters. The number of aryl methyl sites for hydroxylation is 3. The molecule has 0 saturated carbocycles. The van der Waals surface area contributed by atoms with Gasteiger partial charge in [0.25, 0.3) is 0 Å². The lowest BCUT2D eigenvalue weighted by atomic mass is 9.96. The molecule has 8 heteroatoms. The first-order valence-electron chi connectivity index (χ1n) is 11.0. The normalized spacial score (nSPS) is 18.6. The van der Waals surface area contributed by atoms with Gasteiger partial charge < -0.3 is 24.9 Å². The van der Waals surface area contributed by atoms with E-state index in [0.717, 1.165) is 56.5 Å². The van der Waals surface area contributed by atoms with Crippen LogP contribution in [0.2, 0.25) is 0 Å². The summed E-state index contributed by atoms with van der Waals surface area (Å²) in [4.78, 5) is 9.82. The second-order valence-corrected chi connectivity index (χ2v) is 9.61. The van der Waals surface area contributed by atoms with Crippen molar-refractivity contribution in [3.8, 4) is 0 Å². The molecule has 0 radical (unpaired) electrons. The Morgan fingerprint density at radius 3 is 2.58 bits per heavy atom. The molecule has 3 N–H and O–H groups in total. The van der Waals surface area contributed by atoms with Gasteiger partial charge in [-0.15, -0.1) is 11.3 Å². The molecule has 7 nitrogen and oxygen atoms in total. The summed E-state index contributed by atoms with van der Waals surface area (Å²) >= 11 is 1.84. The predicted molar refractivity (Wildman–Crippen MR) is 126 cm³/mol. The van der Waals surface area contributed by atoms with Crippen molar-refractivity contribution in [1.29, 1.82) is 0 Å². The molecule has 0 aromatic carbocycles. The molecule has 3 rings (SSSR count). The van der Waals surface area contributed by atoms with E-state index in [9.17, 15) is 5.11 Å². The van der Waals surface area contributed by atoms with Crippen molar-refractivity contribution in [3.05, 3.63) is 45.0 Å². The Labute approximate surface area is 189 Å². The maximum atomic E-state index is 11.0. The third-order valence-corrected chi connectivity index (χ3v) is 6.65. The lowest BCUT2D eigenvalue weighted by Gasteiger charge is -2.34. The first-order chi connectivity index (χ1) is 14.8. The molecule has 3 heterocycles. The number of nitrogens with zero attached hydrogens (tertiary/aromatic N) is 2. The topological polar surface area (TPSA) is 82.3 Å². The molecule has 1 aliphatic heterocycles. The van der Waals surface area contributed by atoms with Crippen LogP contribution in [-0.4, -0.2) is 61.9 Å². The van der Waals surface area contributed by atoms with Crippen LogP contribution in [-0.2, 0) is 10.3 Å². The van der Waals surface area contributed by atoms with Crippen LogP contribution in [0.1, 0.15) is 46.7 Å². The first kappa shape index (κ1) is 23.8. The lowest BCUT2D eigenvalue weighted by molar-refractivity contribution is 0.0177. The number of aliphatic imine (C=N–C) groups is 1. The Hall–Kier alpha value is -1.87. The minimum absolute atomic E-state index is 0.239. The molecule has 0 bridgehead atoms. The van der Waals surface area contributed by atoms with Crippen LogP contribution < -0.4 is 10.6 Å². The van der Waals surface area contributed by atoms with Crippen LogP contribution in [0.15, 0.2) is 27.6 Å². The average molecular weight is 449 g/mol.